The van der Waals surface area contributed by atoms with Gasteiger partial charge in [0.1, 0.15) is 0 Å². The topological polar surface area (TPSA) is 16.3 Å². The molecule has 15 rings (SSSR count). The Morgan fingerprint density at radius 3 is 1.04 bits per heavy atom. The van der Waals surface area contributed by atoms with Crippen molar-refractivity contribution in [2.45, 2.75) is 0 Å². The molecule has 0 saturated heterocycles. The Labute approximate surface area is 403 Å². The molecular weight excluding hydrogens is 857 g/mol. The van der Waals surface area contributed by atoms with E-state index in [9.17, 15) is 0 Å². The number of para-hydroxylation sites is 8. The van der Waals surface area contributed by atoms with Crippen LogP contribution in [-0.4, -0.2) is 9.13 Å². The van der Waals surface area contributed by atoms with E-state index in [-0.39, 0.29) is 0 Å². The summed E-state index contributed by atoms with van der Waals surface area (Å²) >= 11 is 1.86. The standard InChI is InChI=1S/C64H40N4S/c1-3-19-41(20-4-1)67-55-31-15-9-25-47(55)61-45-23-7-13-29-53(45)65(57-33-17-11-27-49(57)63(61)67)43-35-37-59-51(39-43)52-40-44(36-38-60(52)69-59)66-54-30-14-8-24-46(54)62-48-26-10-16-32-56(48)68(42-21-5-2-6-22-42)64(62)50-28-12-18-34-58(50)66/h1-40H. The monoisotopic (exact) mass is 896 g/mol. The van der Waals surface area contributed by atoms with Gasteiger partial charge in [0.05, 0.1) is 45.2 Å². The lowest BCUT2D eigenvalue weighted by Gasteiger charge is -2.28. The number of hydrogen-bond donors (Lipinski definition) is 0. The second-order valence-corrected chi connectivity index (χ2v) is 19.1. The summed E-state index contributed by atoms with van der Waals surface area (Å²) in [7, 11) is 0. The number of rotatable bonds is 4. The fourth-order valence-electron chi connectivity index (χ4n) is 11.6. The fraction of sp³-hybridized carbons (Fsp3) is 0. The Morgan fingerprint density at radius 1 is 0.261 bits per heavy atom. The number of fused-ring (bicyclic) bond motifs is 17. The predicted octanol–water partition coefficient (Wildman–Crippen LogP) is 18.2. The maximum atomic E-state index is 2.49. The zero-order chi connectivity index (χ0) is 45.2. The number of nitrogens with zero attached hydrogens (tertiary/aromatic N) is 4. The number of thiophene rings is 1. The first-order valence-electron chi connectivity index (χ1n) is 23.6. The largest absolute Gasteiger partial charge is 0.309 e. The second kappa shape index (κ2) is 14.8. The van der Waals surface area contributed by atoms with Crippen LogP contribution < -0.4 is 9.80 Å². The molecule has 0 fully saturated rings. The first-order valence-corrected chi connectivity index (χ1v) is 24.4. The first kappa shape index (κ1) is 38.2. The summed E-state index contributed by atoms with van der Waals surface area (Å²) in [5.41, 5.74) is 21.2. The highest BCUT2D eigenvalue weighted by Crippen LogP contribution is 2.57. The molecule has 2 aliphatic heterocycles. The third-order valence-electron chi connectivity index (χ3n) is 14.4. The molecule has 10 aromatic carbocycles. The summed E-state index contributed by atoms with van der Waals surface area (Å²) in [6.45, 7) is 0. The molecule has 3 aromatic heterocycles. The zero-order valence-corrected chi connectivity index (χ0v) is 38.1. The zero-order valence-electron chi connectivity index (χ0n) is 37.3. The van der Waals surface area contributed by atoms with Gasteiger partial charge in [0.25, 0.3) is 0 Å². The molecule has 322 valence electrons. The Balaban J connectivity index is 0.944. The summed E-state index contributed by atoms with van der Waals surface area (Å²) in [6.07, 6.45) is 0. The quantitative estimate of drug-likeness (QED) is 0.175. The molecule has 5 heteroatoms. The molecular formula is C64H40N4S. The molecule has 0 radical (unpaired) electrons. The average Bonchev–Trinajstić information content (AvgIpc) is 4.02. The van der Waals surface area contributed by atoms with Gasteiger partial charge in [0, 0.05) is 87.1 Å². The van der Waals surface area contributed by atoms with E-state index < -0.39 is 0 Å². The Bertz CT molecular complexity index is 3940. The normalized spacial score (nSPS) is 12.6. The highest BCUT2D eigenvalue weighted by atomic mass is 32.1. The third kappa shape index (κ3) is 5.50. The molecule has 2 aliphatic rings. The van der Waals surface area contributed by atoms with Gasteiger partial charge >= 0.3 is 0 Å². The van der Waals surface area contributed by atoms with E-state index in [0.29, 0.717) is 0 Å². The molecule has 0 atom stereocenters. The average molecular weight is 897 g/mol. The summed E-state index contributed by atoms with van der Waals surface area (Å²) < 4.78 is 7.45. The van der Waals surface area contributed by atoms with Crippen LogP contribution in [0.4, 0.5) is 34.1 Å². The van der Waals surface area contributed by atoms with Gasteiger partial charge in [-0.2, -0.15) is 0 Å². The van der Waals surface area contributed by atoms with Crippen molar-refractivity contribution in [3.63, 3.8) is 0 Å². The second-order valence-electron chi connectivity index (χ2n) is 18.0. The number of aromatic nitrogens is 2. The molecule has 0 spiro atoms. The smallest absolute Gasteiger partial charge is 0.0641 e. The molecule has 13 aromatic rings. The SMILES string of the molecule is c1ccc(-n2c3c(c4ccccc42)-c2ccccc2N(c2ccc4sc5ccc(N6c7ccccc7-c7c(n(-c8ccccc8)c8ccccc78)-c7ccccc76)cc5c4c2)c2ccccc2-3)cc1. The summed E-state index contributed by atoms with van der Waals surface area (Å²) in [6, 6.07) is 89.3. The van der Waals surface area contributed by atoms with Crippen LogP contribution in [0.5, 0.6) is 0 Å². The third-order valence-corrected chi connectivity index (χ3v) is 15.5. The Morgan fingerprint density at radius 2 is 0.609 bits per heavy atom. The van der Waals surface area contributed by atoms with Crippen molar-refractivity contribution >= 4 is 87.4 Å². The van der Waals surface area contributed by atoms with Crippen LogP contribution >= 0.6 is 11.3 Å². The number of anilines is 6. The van der Waals surface area contributed by atoms with E-state index in [0.717, 1.165) is 45.5 Å². The lowest BCUT2D eigenvalue weighted by molar-refractivity contribution is 1.13. The van der Waals surface area contributed by atoms with E-state index in [4.69, 9.17) is 0 Å². The summed E-state index contributed by atoms with van der Waals surface area (Å²) in [5.74, 6) is 0. The van der Waals surface area contributed by atoms with Gasteiger partial charge in [-0.1, -0.05) is 146 Å². The van der Waals surface area contributed by atoms with Crippen molar-refractivity contribution in [3.05, 3.63) is 243 Å². The van der Waals surface area contributed by atoms with Crippen LogP contribution in [0.25, 0.3) is 98.1 Å². The minimum Gasteiger partial charge on any atom is -0.309 e. The molecule has 69 heavy (non-hydrogen) atoms. The van der Waals surface area contributed by atoms with Crippen molar-refractivity contribution in [1.29, 1.82) is 0 Å². The van der Waals surface area contributed by atoms with Crippen LogP contribution in [0, 0.1) is 0 Å². The van der Waals surface area contributed by atoms with Crippen LogP contribution in [0.1, 0.15) is 0 Å². The van der Waals surface area contributed by atoms with Gasteiger partial charge in [0.2, 0.25) is 0 Å². The fourth-order valence-corrected chi connectivity index (χ4v) is 12.6. The molecule has 0 saturated carbocycles. The Hall–Kier alpha value is -8.90. The number of benzene rings is 10. The van der Waals surface area contributed by atoms with E-state index in [1.165, 1.54) is 86.7 Å². The van der Waals surface area contributed by atoms with Gasteiger partial charge in [-0.15, -0.1) is 11.3 Å². The number of hydrogen-bond acceptors (Lipinski definition) is 3. The maximum absolute atomic E-state index is 2.49. The summed E-state index contributed by atoms with van der Waals surface area (Å²) in [5, 5.41) is 4.96. The van der Waals surface area contributed by atoms with E-state index in [2.05, 4.69) is 262 Å². The molecule has 0 unspecified atom stereocenters. The van der Waals surface area contributed by atoms with Crippen LogP contribution in [0.15, 0.2) is 243 Å². The summed E-state index contributed by atoms with van der Waals surface area (Å²) in [4.78, 5) is 4.98. The molecule has 0 N–H and O–H groups in total. The molecule has 0 aliphatic carbocycles. The van der Waals surface area contributed by atoms with Crippen molar-refractivity contribution in [1.82, 2.24) is 9.13 Å². The van der Waals surface area contributed by atoms with Crippen molar-refractivity contribution in [2.75, 3.05) is 9.80 Å². The van der Waals surface area contributed by atoms with Gasteiger partial charge in [0.15, 0.2) is 0 Å². The van der Waals surface area contributed by atoms with Crippen molar-refractivity contribution < 1.29 is 0 Å². The van der Waals surface area contributed by atoms with Crippen LogP contribution in [0.2, 0.25) is 0 Å². The van der Waals surface area contributed by atoms with E-state index in [1.807, 2.05) is 11.3 Å². The minimum atomic E-state index is 1.12. The lowest BCUT2D eigenvalue weighted by Crippen LogP contribution is -2.11. The molecule has 0 bridgehead atoms. The maximum Gasteiger partial charge on any atom is 0.0641 e. The highest BCUT2D eigenvalue weighted by Gasteiger charge is 2.33. The van der Waals surface area contributed by atoms with E-state index >= 15 is 0 Å². The van der Waals surface area contributed by atoms with Gasteiger partial charge in [-0.05, 0) is 97.1 Å². The highest BCUT2D eigenvalue weighted by molar-refractivity contribution is 7.25. The molecule has 4 nitrogen and oxygen atoms in total. The van der Waals surface area contributed by atoms with Gasteiger partial charge in [-0.3, -0.25) is 0 Å². The van der Waals surface area contributed by atoms with Crippen molar-refractivity contribution in [2.24, 2.45) is 0 Å². The molecule has 0 amide bonds. The van der Waals surface area contributed by atoms with Crippen LogP contribution in [-0.2, 0) is 0 Å². The van der Waals surface area contributed by atoms with Crippen molar-refractivity contribution in [3.8, 4) is 56.1 Å². The predicted molar refractivity (Wildman–Crippen MR) is 291 cm³/mol. The van der Waals surface area contributed by atoms with E-state index in [1.54, 1.807) is 0 Å². The lowest BCUT2D eigenvalue weighted by atomic mass is 9.98. The minimum absolute atomic E-state index is 1.12. The van der Waals surface area contributed by atoms with Gasteiger partial charge in [-0.25, -0.2) is 0 Å². The molecule has 5 heterocycles. The first-order chi connectivity index (χ1) is 34.3. The Kier molecular flexibility index (Phi) is 8.20. The van der Waals surface area contributed by atoms with Gasteiger partial charge < -0.3 is 18.9 Å². The van der Waals surface area contributed by atoms with Crippen LogP contribution in [0.3, 0.4) is 0 Å².